The highest BCUT2D eigenvalue weighted by Gasteiger charge is 2.31. The number of H-pyrrole nitrogens is 1. The molecule has 0 spiro atoms. The molecule has 2 aliphatic heterocycles. The molecule has 1 N–H and O–H groups in total. The number of nitrogens with zero attached hydrogens (tertiary/aromatic N) is 4. The third-order valence-electron chi connectivity index (χ3n) is 7.02. The van der Waals surface area contributed by atoms with E-state index in [-0.39, 0.29) is 5.75 Å². The SMILES string of the molecule is O=S1(=O)Cc2ccccc2/C(=C2/CCn3c(nnc3-c3cncc4cc[nH]c34)C2)c2ccccc21. The van der Waals surface area contributed by atoms with Crippen molar-refractivity contribution >= 4 is 26.3 Å². The van der Waals surface area contributed by atoms with Crippen LogP contribution in [0.5, 0.6) is 0 Å². The lowest BCUT2D eigenvalue weighted by atomic mass is 9.87. The minimum absolute atomic E-state index is 0.00441. The number of hydrogen-bond donors (Lipinski definition) is 1. The largest absolute Gasteiger partial charge is 0.360 e. The van der Waals surface area contributed by atoms with Gasteiger partial charge in [-0.2, -0.15) is 0 Å². The van der Waals surface area contributed by atoms with Gasteiger partial charge in [-0.25, -0.2) is 8.42 Å². The van der Waals surface area contributed by atoms with Crippen LogP contribution in [-0.2, 0) is 28.6 Å². The maximum Gasteiger partial charge on any atom is 0.183 e. The molecule has 7 rings (SSSR count). The molecular formula is C27H21N5O2S. The van der Waals surface area contributed by atoms with E-state index in [0.717, 1.165) is 56.8 Å². The molecule has 0 radical (unpaired) electrons. The lowest BCUT2D eigenvalue weighted by Gasteiger charge is -2.23. The van der Waals surface area contributed by atoms with Gasteiger partial charge in [-0.1, -0.05) is 48.0 Å². The summed E-state index contributed by atoms with van der Waals surface area (Å²) in [5, 5.41) is 10.1. The molecule has 0 bridgehead atoms. The quantitative estimate of drug-likeness (QED) is 0.381. The molecule has 7 nitrogen and oxygen atoms in total. The van der Waals surface area contributed by atoms with Crippen molar-refractivity contribution in [3.05, 3.63) is 101 Å². The number of sulfone groups is 1. The summed E-state index contributed by atoms with van der Waals surface area (Å²) < 4.78 is 28.7. The van der Waals surface area contributed by atoms with Gasteiger partial charge >= 0.3 is 0 Å². The predicted molar refractivity (Wildman–Crippen MR) is 133 cm³/mol. The van der Waals surface area contributed by atoms with Gasteiger partial charge in [-0.15, -0.1) is 10.2 Å². The van der Waals surface area contributed by atoms with Crippen molar-refractivity contribution in [3.63, 3.8) is 0 Å². The van der Waals surface area contributed by atoms with E-state index in [9.17, 15) is 8.42 Å². The number of fused-ring (bicyclic) bond motifs is 4. The second-order valence-electron chi connectivity index (χ2n) is 9.04. The molecule has 0 saturated heterocycles. The maximum absolute atomic E-state index is 13.3. The molecule has 5 heterocycles. The summed E-state index contributed by atoms with van der Waals surface area (Å²) in [5.41, 5.74) is 6.73. The Morgan fingerprint density at radius 2 is 1.71 bits per heavy atom. The van der Waals surface area contributed by atoms with Crippen LogP contribution in [0, 0.1) is 0 Å². The van der Waals surface area contributed by atoms with Gasteiger partial charge in [0.25, 0.3) is 0 Å². The van der Waals surface area contributed by atoms with Crippen molar-refractivity contribution in [1.82, 2.24) is 24.7 Å². The van der Waals surface area contributed by atoms with E-state index >= 15 is 0 Å². The van der Waals surface area contributed by atoms with Crippen LogP contribution in [0.15, 0.2) is 83.7 Å². The monoisotopic (exact) mass is 479 g/mol. The third kappa shape index (κ3) is 3.10. The summed E-state index contributed by atoms with van der Waals surface area (Å²) in [6, 6.07) is 17.2. The Balaban J connectivity index is 1.41. The number of rotatable bonds is 1. The summed E-state index contributed by atoms with van der Waals surface area (Å²) in [6.07, 6.45) is 6.96. The van der Waals surface area contributed by atoms with Crippen LogP contribution in [-0.4, -0.2) is 33.2 Å². The summed E-state index contributed by atoms with van der Waals surface area (Å²) in [5.74, 6) is 1.68. The van der Waals surface area contributed by atoms with E-state index in [4.69, 9.17) is 0 Å². The second kappa shape index (κ2) is 7.48. The van der Waals surface area contributed by atoms with E-state index in [1.807, 2.05) is 61.1 Å². The number of aromatic amines is 1. The van der Waals surface area contributed by atoms with Crippen LogP contribution in [0.4, 0.5) is 0 Å². The van der Waals surface area contributed by atoms with Gasteiger partial charge in [0.05, 0.1) is 21.7 Å². The molecule has 0 amide bonds. The summed E-state index contributed by atoms with van der Waals surface area (Å²) >= 11 is 0. The van der Waals surface area contributed by atoms with Gasteiger partial charge in [-0.05, 0) is 35.3 Å². The summed E-state index contributed by atoms with van der Waals surface area (Å²) in [7, 11) is -3.45. The van der Waals surface area contributed by atoms with E-state index in [0.29, 0.717) is 17.9 Å². The molecule has 0 unspecified atom stereocenters. The molecule has 0 saturated carbocycles. The minimum atomic E-state index is -3.45. The van der Waals surface area contributed by atoms with Crippen LogP contribution in [0.3, 0.4) is 0 Å². The fraction of sp³-hybridized carbons (Fsp3) is 0.148. The molecule has 8 heteroatoms. The summed E-state index contributed by atoms with van der Waals surface area (Å²) in [4.78, 5) is 8.08. The first kappa shape index (κ1) is 20.3. The Kier molecular flexibility index (Phi) is 4.35. The van der Waals surface area contributed by atoms with Crippen molar-refractivity contribution in [1.29, 1.82) is 0 Å². The van der Waals surface area contributed by atoms with Gasteiger partial charge < -0.3 is 9.55 Å². The first-order valence-electron chi connectivity index (χ1n) is 11.6. The van der Waals surface area contributed by atoms with Gasteiger partial charge in [0.1, 0.15) is 5.82 Å². The molecule has 0 aliphatic carbocycles. The zero-order valence-corrected chi connectivity index (χ0v) is 19.6. The molecule has 0 atom stereocenters. The number of nitrogens with one attached hydrogen (secondary N) is 1. The Morgan fingerprint density at radius 1 is 0.886 bits per heavy atom. The van der Waals surface area contributed by atoms with E-state index in [1.54, 1.807) is 12.1 Å². The van der Waals surface area contributed by atoms with Crippen molar-refractivity contribution in [2.24, 2.45) is 0 Å². The van der Waals surface area contributed by atoms with E-state index in [2.05, 4.69) is 24.7 Å². The molecule has 5 aromatic rings. The Morgan fingerprint density at radius 3 is 2.63 bits per heavy atom. The molecule has 2 aliphatic rings. The molecule has 2 aromatic carbocycles. The number of allylic oxidation sites excluding steroid dienone is 1. The molecular weight excluding hydrogens is 458 g/mol. The standard InChI is InChI=1S/C27H21N5O2S/c33-35(34)16-19-5-1-2-6-20(19)25(21-7-3-4-8-23(21)35)17-10-12-32-24(13-17)30-31-27(32)22-15-28-14-18-9-11-29-26(18)22/h1-9,11,14-15,29H,10,12-13,16H2/b25-17+. The summed E-state index contributed by atoms with van der Waals surface area (Å²) in [6.45, 7) is 0.713. The van der Waals surface area contributed by atoms with Crippen molar-refractivity contribution in [2.75, 3.05) is 0 Å². The Hall–Kier alpha value is -4.04. The number of aromatic nitrogens is 5. The van der Waals surface area contributed by atoms with Gasteiger partial charge in [-0.3, -0.25) is 4.98 Å². The maximum atomic E-state index is 13.3. The Bertz CT molecular complexity index is 1780. The number of benzene rings is 2. The van der Waals surface area contributed by atoms with Crippen LogP contribution in [0.2, 0.25) is 0 Å². The smallest absolute Gasteiger partial charge is 0.183 e. The zero-order chi connectivity index (χ0) is 23.6. The minimum Gasteiger partial charge on any atom is -0.360 e. The normalized spacial score (nSPS) is 18.5. The highest BCUT2D eigenvalue weighted by atomic mass is 32.2. The van der Waals surface area contributed by atoms with Gasteiger partial charge in [0, 0.05) is 42.5 Å². The highest BCUT2D eigenvalue weighted by Crippen LogP contribution is 2.41. The number of pyridine rings is 1. The lowest BCUT2D eigenvalue weighted by molar-refractivity contribution is 0.595. The molecule has 3 aromatic heterocycles. The fourth-order valence-electron chi connectivity index (χ4n) is 5.43. The van der Waals surface area contributed by atoms with Crippen molar-refractivity contribution in [2.45, 2.75) is 30.0 Å². The first-order chi connectivity index (χ1) is 17.1. The molecule has 172 valence electrons. The van der Waals surface area contributed by atoms with Crippen molar-refractivity contribution in [3.8, 4) is 11.4 Å². The topological polar surface area (TPSA) is 93.5 Å². The van der Waals surface area contributed by atoms with Gasteiger partial charge in [0.15, 0.2) is 15.7 Å². The highest BCUT2D eigenvalue weighted by molar-refractivity contribution is 7.90. The average Bonchev–Trinajstić information content (AvgIpc) is 3.50. The predicted octanol–water partition coefficient (Wildman–Crippen LogP) is 4.56. The first-order valence-corrected chi connectivity index (χ1v) is 13.2. The van der Waals surface area contributed by atoms with Crippen LogP contribution < -0.4 is 0 Å². The molecule has 0 fully saturated rings. The lowest BCUT2D eigenvalue weighted by Crippen LogP contribution is -2.16. The van der Waals surface area contributed by atoms with Crippen molar-refractivity contribution < 1.29 is 8.42 Å². The van der Waals surface area contributed by atoms with E-state index in [1.165, 1.54) is 5.57 Å². The zero-order valence-electron chi connectivity index (χ0n) is 18.8. The van der Waals surface area contributed by atoms with Gasteiger partial charge in [0.2, 0.25) is 0 Å². The second-order valence-corrected chi connectivity index (χ2v) is 11.0. The van der Waals surface area contributed by atoms with E-state index < -0.39 is 9.84 Å². The van der Waals surface area contributed by atoms with Crippen LogP contribution in [0.1, 0.15) is 28.9 Å². The van der Waals surface area contributed by atoms with Crippen LogP contribution >= 0.6 is 0 Å². The Labute approximate surface area is 202 Å². The number of hydrogen-bond acceptors (Lipinski definition) is 5. The van der Waals surface area contributed by atoms with Crippen LogP contribution in [0.25, 0.3) is 27.9 Å². The molecule has 35 heavy (non-hydrogen) atoms. The average molecular weight is 480 g/mol. The third-order valence-corrected chi connectivity index (χ3v) is 8.74. The fourth-order valence-corrected chi connectivity index (χ4v) is 7.04.